The second-order valence-electron chi connectivity index (χ2n) is 8.40. The number of esters is 1. The van der Waals surface area contributed by atoms with Gasteiger partial charge in [-0.25, -0.2) is 9.78 Å². The van der Waals surface area contributed by atoms with Crippen molar-refractivity contribution in [1.29, 1.82) is 0 Å². The van der Waals surface area contributed by atoms with Crippen LogP contribution in [0.25, 0.3) is 0 Å². The Morgan fingerprint density at radius 3 is 2.33 bits per heavy atom. The molecule has 8 heteroatoms. The maximum Gasteiger partial charge on any atom is 0.341 e. The van der Waals surface area contributed by atoms with E-state index in [1.54, 1.807) is 23.2 Å². The molecular formula is C22H31N3O4S. The molecule has 30 heavy (non-hydrogen) atoms. The van der Waals surface area contributed by atoms with Gasteiger partial charge in [-0.2, -0.15) is 0 Å². The zero-order valence-corrected chi connectivity index (χ0v) is 18.7. The van der Waals surface area contributed by atoms with E-state index < -0.39 is 5.97 Å². The molecule has 2 atom stereocenters. The SMILES string of the molecule is C[C@@H]1CCCN(C(=O)COC(=O)c2cccnc2SCC(=O)N2CCC[C@@H](C)C2)C1. The molecule has 2 aliphatic rings. The number of pyridine rings is 1. The first-order chi connectivity index (χ1) is 14.4. The first kappa shape index (κ1) is 22.6. The first-order valence-electron chi connectivity index (χ1n) is 10.7. The molecule has 164 valence electrons. The Morgan fingerprint density at radius 1 is 1.07 bits per heavy atom. The smallest absolute Gasteiger partial charge is 0.341 e. The lowest BCUT2D eigenvalue weighted by Gasteiger charge is -2.31. The highest BCUT2D eigenvalue weighted by molar-refractivity contribution is 8.00. The molecule has 2 fully saturated rings. The van der Waals surface area contributed by atoms with Gasteiger partial charge < -0.3 is 14.5 Å². The van der Waals surface area contributed by atoms with Crippen LogP contribution >= 0.6 is 11.8 Å². The van der Waals surface area contributed by atoms with Crippen molar-refractivity contribution in [1.82, 2.24) is 14.8 Å². The van der Waals surface area contributed by atoms with Crippen molar-refractivity contribution in [2.24, 2.45) is 11.8 Å². The van der Waals surface area contributed by atoms with Crippen LogP contribution in [-0.2, 0) is 14.3 Å². The lowest BCUT2D eigenvalue weighted by atomic mass is 10.0. The molecule has 1 aromatic rings. The van der Waals surface area contributed by atoms with Crippen molar-refractivity contribution in [3.63, 3.8) is 0 Å². The first-order valence-corrected chi connectivity index (χ1v) is 11.7. The van der Waals surface area contributed by atoms with Crippen molar-refractivity contribution in [3.05, 3.63) is 23.9 Å². The van der Waals surface area contributed by atoms with Gasteiger partial charge in [0.2, 0.25) is 5.91 Å². The molecule has 0 aromatic carbocycles. The number of carbonyl (C=O) groups excluding carboxylic acids is 3. The molecule has 0 aliphatic carbocycles. The number of likely N-dealkylation sites (tertiary alicyclic amines) is 2. The second-order valence-corrected chi connectivity index (χ2v) is 9.36. The summed E-state index contributed by atoms with van der Waals surface area (Å²) >= 11 is 1.24. The van der Waals surface area contributed by atoms with E-state index in [1.807, 2.05) is 4.90 Å². The van der Waals surface area contributed by atoms with E-state index in [0.29, 0.717) is 35.5 Å². The number of piperidine rings is 2. The molecule has 1 aromatic heterocycles. The van der Waals surface area contributed by atoms with Gasteiger partial charge in [-0.15, -0.1) is 0 Å². The fourth-order valence-electron chi connectivity index (χ4n) is 4.01. The van der Waals surface area contributed by atoms with E-state index in [1.165, 1.54) is 11.8 Å². The molecule has 0 saturated carbocycles. The number of amides is 2. The number of rotatable bonds is 6. The Balaban J connectivity index is 1.53. The Kier molecular flexibility index (Phi) is 8.13. The molecule has 0 N–H and O–H groups in total. The molecule has 3 heterocycles. The van der Waals surface area contributed by atoms with E-state index in [4.69, 9.17) is 4.74 Å². The Morgan fingerprint density at radius 2 is 1.70 bits per heavy atom. The van der Waals surface area contributed by atoms with Crippen molar-refractivity contribution >= 4 is 29.5 Å². The molecule has 0 unspecified atom stereocenters. The second kappa shape index (κ2) is 10.8. The van der Waals surface area contributed by atoms with Crippen LogP contribution in [0.3, 0.4) is 0 Å². The zero-order valence-electron chi connectivity index (χ0n) is 17.8. The third kappa shape index (κ3) is 6.20. The molecular weight excluding hydrogens is 402 g/mol. The predicted octanol–water partition coefficient (Wildman–Crippen LogP) is 2.85. The van der Waals surface area contributed by atoms with Gasteiger partial charge >= 0.3 is 5.97 Å². The van der Waals surface area contributed by atoms with Gasteiger partial charge in [0.1, 0.15) is 5.03 Å². The zero-order chi connectivity index (χ0) is 21.5. The minimum absolute atomic E-state index is 0.0610. The van der Waals surface area contributed by atoms with Gasteiger partial charge in [0.25, 0.3) is 5.91 Å². The quantitative estimate of drug-likeness (QED) is 0.507. The van der Waals surface area contributed by atoms with E-state index >= 15 is 0 Å². The van der Waals surface area contributed by atoms with Crippen molar-refractivity contribution in [2.45, 2.75) is 44.6 Å². The maximum absolute atomic E-state index is 12.6. The average molecular weight is 434 g/mol. The maximum atomic E-state index is 12.6. The third-order valence-corrected chi connectivity index (χ3v) is 6.66. The fraction of sp³-hybridized carbons (Fsp3) is 0.636. The summed E-state index contributed by atoms with van der Waals surface area (Å²) in [6.45, 7) is 7.01. The largest absolute Gasteiger partial charge is 0.452 e. The fourth-order valence-corrected chi connectivity index (χ4v) is 4.90. The van der Waals surface area contributed by atoms with Gasteiger partial charge in [0, 0.05) is 32.4 Å². The van der Waals surface area contributed by atoms with Crippen molar-refractivity contribution < 1.29 is 19.1 Å². The molecule has 0 spiro atoms. The summed E-state index contributed by atoms with van der Waals surface area (Å²) in [7, 11) is 0. The monoisotopic (exact) mass is 433 g/mol. The Hall–Kier alpha value is -2.09. The standard InChI is InChI=1S/C22H31N3O4S/c1-16-6-4-10-24(12-16)19(26)14-29-22(28)18-8-3-9-23-21(18)30-15-20(27)25-11-5-7-17(2)13-25/h3,8-9,16-17H,4-7,10-15H2,1-2H3/t16-,17-/m1/s1. The number of hydrogen-bond donors (Lipinski definition) is 0. The van der Waals surface area contributed by atoms with E-state index in [2.05, 4.69) is 18.8 Å². The van der Waals surface area contributed by atoms with Crippen LogP contribution in [0.15, 0.2) is 23.4 Å². The number of nitrogens with zero attached hydrogens (tertiary/aromatic N) is 3. The van der Waals surface area contributed by atoms with E-state index in [0.717, 1.165) is 38.8 Å². The van der Waals surface area contributed by atoms with Gasteiger partial charge in [-0.05, 0) is 49.7 Å². The highest BCUT2D eigenvalue weighted by atomic mass is 32.2. The van der Waals surface area contributed by atoms with Crippen molar-refractivity contribution in [3.8, 4) is 0 Å². The topological polar surface area (TPSA) is 79.8 Å². The molecule has 7 nitrogen and oxygen atoms in total. The summed E-state index contributed by atoms with van der Waals surface area (Å²) in [6.07, 6.45) is 5.88. The average Bonchev–Trinajstić information content (AvgIpc) is 2.75. The van der Waals surface area contributed by atoms with Crippen LogP contribution in [0.2, 0.25) is 0 Å². The summed E-state index contributed by atoms with van der Waals surface area (Å²) < 4.78 is 5.28. The molecule has 0 radical (unpaired) electrons. The highest BCUT2D eigenvalue weighted by Crippen LogP contribution is 2.23. The van der Waals surface area contributed by atoms with Crippen LogP contribution < -0.4 is 0 Å². The molecule has 0 bridgehead atoms. The van der Waals surface area contributed by atoms with Crippen LogP contribution in [0.4, 0.5) is 0 Å². The van der Waals surface area contributed by atoms with Crippen LogP contribution in [-0.4, -0.2) is 71.1 Å². The molecule has 2 aliphatic heterocycles. The number of thioether (sulfide) groups is 1. The molecule has 2 amide bonds. The summed E-state index contributed by atoms with van der Waals surface area (Å²) in [5.41, 5.74) is 0.294. The molecule has 3 rings (SSSR count). The number of aromatic nitrogens is 1. The number of carbonyl (C=O) groups is 3. The van der Waals surface area contributed by atoms with E-state index in [9.17, 15) is 14.4 Å². The summed E-state index contributed by atoms with van der Waals surface area (Å²) in [5.74, 6) is 0.541. The summed E-state index contributed by atoms with van der Waals surface area (Å²) in [6, 6.07) is 3.28. The minimum atomic E-state index is -0.581. The third-order valence-electron chi connectivity index (χ3n) is 5.67. The number of hydrogen-bond acceptors (Lipinski definition) is 6. The van der Waals surface area contributed by atoms with Gasteiger partial charge in [-0.1, -0.05) is 25.6 Å². The van der Waals surface area contributed by atoms with Gasteiger partial charge in [-0.3, -0.25) is 9.59 Å². The summed E-state index contributed by atoms with van der Waals surface area (Å²) in [4.78, 5) is 45.4. The molecule has 2 saturated heterocycles. The predicted molar refractivity (Wildman–Crippen MR) is 115 cm³/mol. The Bertz CT molecular complexity index is 773. The highest BCUT2D eigenvalue weighted by Gasteiger charge is 2.24. The van der Waals surface area contributed by atoms with Gasteiger partial charge in [0.05, 0.1) is 11.3 Å². The lowest BCUT2D eigenvalue weighted by Crippen LogP contribution is -2.41. The number of ether oxygens (including phenoxy) is 1. The van der Waals surface area contributed by atoms with E-state index in [-0.39, 0.29) is 24.2 Å². The minimum Gasteiger partial charge on any atom is -0.452 e. The van der Waals surface area contributed by atoms with Crippen molar-refractivity contribution in [2.75, 3.05) is 38.5 Å². The van der Waals surface area contributed by atoms with Crippen LogP contribution in [0.5, 0.6) is 0 Å². The lowest BCUT2D eigenvalue weighted by molar-refractivity contribution is -0.136. The Labute approximate surface area is 182 Å². The summed E-state index contributed by atoms with van der Waals surface area (Å²) in [5, 5.41) is 0.458. The van der Waals surface area contributed by atoms with Gasteiger partial charge in [0.15, 0.2) is 6.61 Å². The van der Waals surface area contributed by atoms with Crippen LogP contribution in [0.1, 0.15) is 49.9 Å². The van der Waals surface area contributed by atoms with Crippen LogP contribution in [0, 0.1) is 11.8 Å². The normalized spacial score (nSPS) is 21.9.